The van der Waals surface area contributed by atoms with E-state index in [2.05, 4.69) is 20.6 Å². The summed E-state index contributed by atoms with van der Waals surface area (Å²) in [7, 11) is 0. The standard InChI is InChI=1S/C15H20N4O2/c20-11-4-3-10(15(21)17-7-8-5-16-6-8)12-13(11)19-14(18-12)9-1-2-9/h3-4,8-9,15-17,20-21H,1-2,5-7H2,(H,18,19). The Kier molecular flexibility index (Phi) is 3.10. The Morgan fingerprint density at radius 2 is 2.14 bits per heavy atom. The Morgan fingerprint density at radius 3 is 2.81 bits per heavy atom. The Hall–Kier alpha value is -1.63. The molecule has 1 aromatic heterocycles. The maximum Gasteiger partial charge on any atom is 0.141 e. The number of imidazole rings is 1. The van der Waals surface area contributed by atoms with Crippen molar-refractivity contribution in [2.45, 2.75) is 25.0 Å². The van der Waals surface area contributed by atoms with Gasteiger partial charge < -0.3 is 20.5 Å². The average molecular weight is 288 g/mol. The summed E-state index contributed by atoms with van der Waals surface area (Å²) in [6.07, 6.45) is 1.53. The first-order chi connectivity index (χ1) is 10.2. The number of H-pyrrole nitrogens is 1. The Bertz CT molecular complexity index is 661. The van der Waals surface area contributed by atoms with E-state index in [4.69, 9.17) is 0 Å². The quantitative estimate of drug-likeness (QED) is 0.528. The first-order valence-corrected chi connectivity index (χ1v) is 7.56. The van der Waals surface area contributed by atoms with E-state index in [9.17, 15) is 10.2 Å². The second-order valence-electron chi connectivity index (χ2n) is 6.13. The number of fused-ring (bicyclic) bond motifs is 1. The lowest BCUT2D eigenvalue weighted by Crippen LogP contribution is -2.47. The summed E-state index contributed by atoms with van der Waals surface area (Å²) in [5.74, 6) is 2.16. The van der Waals surface area contributed by atoms with E-state index >= 15 is 0 Å². The van der Waals surface area contributed by atoms with E-state index < -0.39 is 6.23 Å². The zero-order valence-corrected chi connectivity index (χ0v) is 11.8. The predicted molar refractivity (Wildman–Crippen MR) is 79.1 cm³/mol. The third kappa shape index (κ3) is 2.39. The highest BCUT2D eigenvalue weighted by Gasteiger charge is 2.28. The molecule has 6 nitrogen and oxygen atoms in total. The largest absolute Gasteiger partial charge is 0.506 e. The van der Waals surface area contributed by atoms with Gasteiger partial charge in [-0.2, -0.15) is 0 Å². The normalized spacial score (nSPS) is 20.6. The van der Waals surface area contributed by atoms with Crippen LogP contribution in [0.4, 0.5) is 0 Å². The highest BCUT2D eigenvalue weighted by atomic mass is 16.3. The molecule has 1 aliphatic heterocycles. The molecule has 5 N–H and O–H groups in total. The summed E-state index contributed by atoms with van der Waals surface area (Å²) in [5.41, 5.74) is 2.02. The summed E-state index contributed by atoms with van der Waals surface area (Å²) < 4.78 is 0. The second-order valence-corrected chi connectivity index (χ2v) is 6.13. The predicted octanol–water partition coefficient (Wildman–Crippen LogP) is 0.946. The van der Waals surface area contributed by atoms with Crippen LogP contribution in [-0.2, 0) is 0 Å². The molecule has 0 radical (unpaired) electrons. The van der Waals surface area contributed by atoms with Gasteiger partial charge in [-0.25, -0.2) is 4.98 Å². The summed E-state index contributed by atoms with van der Waals surface area (Å²) >= 11 is 0. The van der Waals surface area contributed by atoms with Crippen LogP contribution in [0.3, 0.4) is 0 Å². The van der Waals surface area contributed by atoms with Crippen molar-refractivity contribution in [3.63, 3.8) is 0 Å². The molecule has 0 bridgehead atoms. The number of rotatable bonds is 5. The molecule has 1 atom stereocenters. The summed E-state index contributed by atoms with van der Waals surface area (Å²) in [6.45, 7) is 2.77. The van der Waals surface area contributed by atoms with Gasteiger partial charge in [0.25, 0.3) is 0 Å². The molecule has 1 saturated carbocycles. The minimum atomic E-state index is -0.760. The van der Waals surface area contributed by atoms with Gasteiger partial charge in [-0.3, -0.25) is 5.32 Å². The lowest BCUT2D eigenvalue weighted by molar-refractivity contribution is 0.128. The van der Waals surface area contributed by atoms with E-state index in [0.29, 0.717) is 22.9 Å². The summed E-state index contributed by atoms with van der Waals surface area (Å²) in [5, 5.41) is 26.7. The van der Waals surface area contributed by atoms with Crippen LogP contribution in [0.5, 0.6) is 5.75 Å². The molecule has 112 valence electrons. The Morgan fingerprint density at radius 1 is 1.33 bits per heavy atom. The van der Waals surface area contributed by atoms with Crippen molar-refractivity contribution in [3.8, 4) is 5.75 Å². The fourth-order valence-corrected chi connectivity index (χ4v) is 2.77. The summed E-state index contributed by atoms with van der Waals surface area (Å²) in [4.78, 5) is 7.79. The number of benzene rings is 1. The monoisotopic (exact) mass is 288 g/mol. The maximum absolute atomic E-state index is 10.4. The van der Waals surface area contributed by atoms with Crippen LogP contribution in [0.2, 0.25) is 0 Å². The number of hydrogen-bond acceptors (Lipinski definition) is 5. The van der Waals surface area contributed by atoms with Gasteiger partial charge in [0.15, 0.2) is 0 Å². The van der Waals surface area contributed by atoms with Crippen molar-refractivity contribution in [2.75, 3.05) is 19.6 Å². The van der Waals surface area contributed by atoms with Gasteiger partial charge in [0.05, 0.1) is 5.52 Å². The van der Waals surface area contributed by atoms with Gasteiger partial charge in [0.2, 0.25) is 0 Å². The number of aromatic hydroxyl groups is 1. The number of nitrogens with zero attached hydrogens (tertiary/aromatic N) is 1. The topological polar surface area (TPSA) is 93.2 Å². The van der Waals surface area contributed by atoms with Gasteiger partial charge >= 0.3 is 0 Å². The molecule has 1 aliphatic carbocycles. The van der Waals surface area contributed by atoms with Gasteiger partial charge in [-0.05, 0) is 30.9 Å². The minimum Gasteiger partial charge on any atom is -0.506 e. The SMILES string of the molecule is Oc1ccc(C(O)NCC2CNC2)c2nc(C3CC3)[nH]c12. The van der Waals surface area contributed by atoms with Gasteiger partial charge in [-0.1, -0.05) is 0 Å². The molecule has 2 aromatic rings. The molecule has 6 heteroatoms. The molecular formula is C15H20N4O2. The van der Waals surface area contributed by atoms with E-state index in [1.807, 2.05) is 0 Å². The number of aliphatic hydroxyl groups excluding tert-OH is 1. The fourth-order valence-electron chi connectivity index (χ4n) is 2.77. The lowest BCUT2D eigenvalue weighted by atomic mass is 10.0. The molecule has 1 aromatic carbocycles. The van der Waals surface area contributed by atoms with Crippen LogP contribution >= 0.6 is 0 Å². The number of aromatic amines is 1. The van der Waals surface area contributed by atoms with Crippen molar-refractivity contribution in [2.24, 2.45) is 5.92 Å². The Balaban J connectivity index is 1.61. The van der Waals surface area contributed by atoms with E-state index in [0.717, 1.165) is 43.9 Å². The molecule has 21 heavy (non-hydrogen) atoms. The number of nitrogens with one attached hydrogen (secondary N) is 3. The molecule has 2 aliphatic rings. The molecule has 1 saturated heterocycles. The molecule has 1 unspecified atom stereocenters. The number of aliphatic hydroxyl groups is 1. The van der Waals surface area contributed by atoms with Gasteiger partial charge in [0.1, 0.15) is 23.3 Å². The third-order valence-corrected chi connectivity index (χ3v) is 4.40. The zero-order valence-electron chi connectivity index (χ0n) is 11.8. The molecule has 0 spiro atoms. The van der Waals surface area contributed by atoms with E-state index in [1.54, 1.807) is 12.1 Å². The number of phenolic OH excluding ortho intramolecular Hbond substituents is 1. The van der Waals surface area contributed by atoms with Crippen LogP contribution < -0.4 is 10.6 Å². The second kappa shape index (κ2) is 4.98. The number of hydrogen-bond donors (Lipinski definition) is 5. The lowest BCUT2D eigenvalue weighted by Gasteiger charge is -2.28. The minimum absolute atomic E-state index is 0.184. The average Bonchev–Trinajstić information content (AvgIpc) is 3.17. The van der Waals surface area contributed by atoms with Crippen molar-refractivity contribution >= 4 is 11.0 Å². The molecule has 0 amide bonds. The van der Waals surface area contributed by atoms with E-state index in [-0.39, 0.29) is 5.75 Å². The third-order valence-electron chi connectivity index (χ3n) is 4.40. The first-order valence-electron chi connectivity index (χ1n) is 7.56. The van der Waals surface area contributed by atoms with Crippen LogP contribution in [0.25, 0.3) is 11.0 Å². The maximum atomic E-state index is 10.4. The van der Waals surface area contributed by atoms with Crippen molar-refractivity contribution in [1.29, 1.82) is 0 Å². The van der Waals surface area contributed by atoms with Crippen LogP contribution in [-0.4, -0.2) is 39.8 Å². The summed E-state index contributed by atoms with van der Waals surface area (Å²) in [6, 6.07) is 3.36. The van der Waals surface area contributed by atoms with Crippen LogP contribution in [0.1, 0.15) is 36.4 Å². The highest BCUT2D eigenvalue weighted by Crippen LogP contribution is 2.40. The smallest absolute Gasteiger partial charge is 0.141 e. The van der Waals surface area contributed by atoms with Gasteiger partial charge in [0, 0.05) is 31.1 Å². The first kappa shape index (κ1) is 13.1. The Labute approximate surface area is 122 Å². The van der Waals surface area contributed by atoms with Gasteiger partial charge in [-0.15, -0.1) is 0 Å². The molecule has 2 heterocycles. The van der Waals surface area contributed by atoms with Crippen molar-refractivity contribution < 1.29 is 10.2 Å². The van der Waals surface area contributed by atoms with Crippen molar-refractivity contribution in [3.05, 3.63) is 23.5 Å². The van der Waals surface area contributed by atoms with E-state index in [1.165, 1.54) is 0 Å². The molecular weight excluding hydrogens is 268 g/mol. The highest BCUT2D eigenvalue weighted by molar-refractivity contribution is 5.85. The zero-order chi connectivity index (χ0) is 14.4. The van der Waals surface area contributed by atoms with Crippen LogP contribution in [0, 0.1) is 5.92 Å². The fraction of sp³-hybridized carbons (Fsp3) is 0.533. The molecule has 4 rings (SSSR count). The van der Waals surface area contributed by atoms with Crippen molar-refractivity contribution in [1.82, 2.24) is 20.6 Å². The van der Waals surface area contributed by atoms with Crippen LogP contribution in [0.15, 0.2) is 12.1 Å². The number of aromatic nitrogens is 2. The molecule has 2 fully saturated rings. The number of phenols is 1.